The van der Waals surface area contributed by atoms with E-state index in [0.29, 0.717) is 5.56 Å². The highest BCUT2D eigenvalue weighted by molar-refractivity contribution is 6.32. The van der Waals surface area contributed by atoms with Gasteiger partial charge in [0.15, 0.2) is 5.78 Å². The number of carbonyl (C=O) groups is 1. The predicted octanol–water partition coefficient (Wildman–Crippen LogP) is 3.29. The molecule has 0 aliphatic carbocycles. The Hall–Kier alpha value is -2.41. The monoisotopic (exact) mass is 309 g/mol. The first-order valence-corrected chi connectivity index (χ1v) is 6.35. The zero-order valence-electron chi connectivity index (χ0n) is 11.6. The largest absolute Gasteiger partial charge is 0.432 e. The van der Waals surface area contributed by atoms with E-state index in [1.165, 1.54) is 37.7 Å². The Morgan fingerprint density at radius 2 is 2.14 bits per heavy atom. The van der Waals surface area contributed by atoms with Crippen molar-refractivity contribution in [3.63, 3.8) is 0 Å². The number of hydrogen-bond donors (Lipinski definition) is 0. The van der Waals surface area contributed by atoms with Crippen molar-refractivity contribution in [2.45, 2.75) is 13.8 Å². The van der Waals surface area contributed by atoms with E-state index in [-0.39, 0.29) is 33.8 Å². The van der Waals surface area contributed by atoms with Crippen LogP contribution in [0.5, 0.6) is 11.6 Å². The van der Waals surface area contributed by atoms with E-state index in [1.807, 2.05) is 0 Å². The minimum atomic E-state index is -0.560. The summed E-state index contributed by atoms with van der Waals surface area (Å²) in [6.07, 6.45) is 0. The summed E-state index contributed by atoms with van der Waals surface area (Å²) >= 11 is 6.04. The number of halogens is 1. The maximum atomic E-state index is 11.3. The van der Waals surface area contributed by atoms with Gasteiger partial charge in [-0.05, 0) is 32.0 Å². The van der Waals surface area contributed by atoms with Crippen LogP contribution in [0, 0.1) is 17.0 Å². The molecule has 0 bridgehead atoms. The molecule has 2 rings (SSSR count). The normalized spacial score (nSPS) is 10.5. The summed E-state index contributed by atoms with van der Waals surface area (Å²) in [6, 6.07) is 4.48. The molecule has 0 saturated carbocycles. The summed E-state index contributed by atoms with van der Waals surface area (Å²) in [5.74, 6) is 0.0635. The summed E-state index contributed by atoms with van der Waals surface area (Å²) in [4.78, 5) is 21.8. The zero-order chi connectivity index (χ0) is 15.7. The highest BCUT2D eigenvalue weighted by atomic mass is 35.5. The molecule has 0 saturated heterocycles. The maximum Gasteiger partial charge on any atom is 0.353 e. The van der Waals surface area contributed by atoms with Gasteiger partial charge in [-0.25, -0.2) is 4.68 Å². The lowest BCUT2D eigenvalue weighted by Gasteiger charge is -2.08. The number of Topliss-reactive ketones (excluding diaryl/α,β-unsaturated/α-hetero) is 1. The van der Waals surface area contributed by atoms with Gasteiger partial charge in [0.1, 0.15) is 11.4 Å². The topological polar surface area (TPSA) is 87.3 Å². The van der Waals surface area contributed by atoms with Gasteiger partial charge < -0.3 is 4.74 Å². The average molecular weight is 310 g/mol. The van der Waals surface area contributed by atoms with Crippen LogP contribution >= 0.6 is 11.6 Å². The third-order valence-corrected chi connectivity index (χ3v) is 3.16. The van der Waals surface area contributed by atoms with Crippen LogP contribution < -0.4 is 4.74 Å². The van der Waals surface area contributed by atoms with Crippen molar-refractivity contribution in [2.75, 3.05) is 0 Å². The van der Waals surface area contributed by atoms with Gasteiger partial charge in [0.2, 0.25) is 0 Å². The number of ether oxygens (including phenoxy) is 1. The molecular weight excluding hydrogens is 298 g/mol. The quantitative estimate of drug-likeness (QED) is 0.491. The summed E-state index contributed by atoms with van der Waals surface area (Å²) in [5, 5.41) is 15.2. The van der Waals surface area contributed by atoms with Crippen molar-refractivity contribution in [1.82, 2.24) is 9.78 Å². The smallest absolute Gasteiger partial charge is 0.353 e. The molecule has 0 aliphatic heterocycles. The van der Waals surface area contributed by atoms with Crippen LogP contribution in [0.2, 0.25) is 5.02 Å². The first kappa shape index (κ1) is 15.0. The average Bonchev–Trinajstić information content (AvgIpc) is 2.66. The van der Waals surface area contributed by atoms with Gasteiger partial charge in [-0.2, -0.15) is 5.10 Å². The summed E-state index contributed by atoms with van der Waals surface area (Å²) in [5.41, 5.74) is 0.459. The number of rotatable bonds is 4. The van der Waals surface area contributed by atoms with E-state index in [0.717, 1.165) is 0 Å². The molecule has 0 amide bonds. The van der Waals surface area contributed by atoms with Gasteiger partial charge >= 0.3 is 5.69 Å². The number of aryl methyl sites for hydroxylation is 2. The molecule has 0 atom stereocenters. The lowest BCUT2D eigenvalue weighted by molar-refractivity contribution is -0.386. The molecule has 1 aromatic heterocycles. The molecular formula is C13H12ClN3O4. The number of nitro groups is 1. The summed E-state index contributed by atoms with van der Waals surface area (Å²) in [7, 11) is 1.53. The molecule has 1 aromatic carbocycles. The Bertz CT molecular complexity index is 739. The number of carbonyl (C=O) groups excluding carboxylic acids is 1. The second-order valence-electron chi connectivity index (χ2n) is 4.42. The first-order chi connectivity index (χ1) is 9.81. The van der Waals surface area contributed by atoms with Crippen molar-refractivity contribution in [2.24, 2.45) is 7.05 Å². The fourth-order valence-corrected chi connectivity index (χ4v) is 2.08. The van der Waals surface area contributed by atoms with E-state index in [2.05, 4.69) is 5.10 Å². The second kappa shape index (κ2) is 5.53. The fourth-order valence-electron chi connectivity index (χ4n) is 1.86. The number of benzene rings is 1. The molecule has 0 fully saturated rings. The van der Waals surface area contributed by atoms with Crippen LogP contribution in [0.4, 0.5) is 5.69 Å². The van der Waals surface area contributed by atoms with Crippen LogP contribution in [0.15, 0.2) is 18.2 Å². The van der Waals surface area contributed by atoms with Gasteiger partial charge in [-0.3, -0.25) is 14.9 Å². The molecule has 0 spiro atoms. The first-order valence-electron chi connectivity index (χ1n) is 5.97. The molecule has 8 heteroatoms. The second-order valence-corrected chi connectivity index (χ2v) is 4.83. The third kappa shape index (κ3) is 2.87. The zero-order valence-corrected chi connectivity index (χ0v) is 12.3. The van der Waals surface area contributed by atoms with E-state index in [1.54, 1.807) is 6.07 Å². The Kier molecular flexibility index (Phi) is 3.95. The molecule has 1 heterocycles. The Balaban J connectivity index is 2.44. The van der Waals surface area contributed by atoms with E-state index >= 15 is 0 Å². The highest BCUT2D eigenvalue weighted by Gasteiger charge is 2.26. The Morgan fingerprint density at radius 3 is 2.67 bits per heavy atom. The van der Waals surface area contributed by atoms with Gasteiger partial charge in [0, 0.05) is 12.6 Å². The Labute approximate surface area is 125 Å². The van der Waals surface area contributed by atoms with Gasteiger partial charge in [-0.15, -0.1) is 0 Å². The minimum absolute atomic E-state index is 0.0185. The van der Waals surface area contributed by atoms with E-state index in [4.69, 9.17) is 16.3 Å². The minimum Gasteiger partial charge on any atom is -0.432 e. The van der Waals surface area contributed by atoms with E-state index < -0.39 is 4.92 Å². The molecule has 110 valence electrons. The number of hydrogen-bond acceptors (Lipinski definition) is 5. The molecule has 0 unspecified atom stereocenters. The van der Waals surface area contributed by atoms with Gasteiger partial charge in [0.25, 0.3) is 5.88 Å². The molecule has 0 N–H and O–H groups in total. The number of nitrogens with zero attached hydrogens (tertiary/aromatic N) is 3. The van der Waals surface area contributed by atoms with Crippen LogP contribution in [0.3, 0.4) is 0 Å². The van der Waals surface area contributed by atoms with Crippen molar-refractivity contribution in [3.8, 4) is 11.6 Å². The lowest BCUT2D eigenvalue weighted by atomic mass is 10.1. The maximum absolute atomic E-state index is 11.3. The van der Waals surface area contributed by atoms with Crippen molar-refractivity contribution >= 4 is 23.1 Å². The summed E-state index contributed by atoms with van der Waals surface area (Å²) < 4.78 is 6.77. The number of ketones is 1. The standard InChI is InChI=1S/C13H12ClN3O4/c1-7-12(17(19)20)13(16(3)15-7)21-11-5-4-9(8(2)18)6-10(11)14/h4-6H,1-3H3. The van der Waals surface area contributed by atoms with Crippen molar-refractivity contribution in [1.29, 1.82) is 0 Å². The van der Waals surface area contributed by atoms with E-state index in [9.17, 15) is 14.9 Å². The molecule has 21 heavy (non-hydrogen) atoms. The van der Waals surface area contributed by atoms with Gasteiger partial charge in [-0.1, -0.05) is 11.6 Å². The SMILES string of the molecule is CC(=O)c1ccc(Oc2c([N+](=O)[O-])c(C)nn2C)c(Cl)c1. The molecule has 0 radical (unpaired) electrons. The lowest BCUT2D eigenvalue weighted by Crippen LogP contribution is -1.99. The van der Waals surface area contributed by atoms with Crippen LogP contribution in [-0.2, 0) is 7.05 Å². The molecule has 0 aliphatic rings. The Morgan fingerprint density at radius 1 is 1.48 bits per heavy atom. The van der Waals surface area contributed by atoms with Crippen LogP contribution in [0.1, 0.15) is 23.0 Å². The number of aromatic nitrogens is 2. The van der Waals surface area contributed by atoms with Gasteiger partial charge in [0.05, 0.1) is 9.95 Å². The highest BCUT2D eigenvalue weighted by Crippen LogP contribution is 2.36. The van der Waals surface area contributed by atoms with Crippen LogP contribution in [-0.4, -0.2) is 20.5 Å². The summed E-state index contributed by atoms with van der Waals surface area (Å²) in [6.45, 7) is 2.94. The van der Waals surface area contributed by atoms with Crippen molar-refractivity contribution in [3.05, 3.63) is 44.6 Å². The van der Waals surface area contributed by atoms with Crippen molar-refractivity contribution < 1.29 is 14.5 Å². The predicted molar refractivity (Wildman–Crippen MR) is 76.1 cm³/mol. The third-order valence-electron chi connectivity index (χ3n) is 2.87. The molecule has 2 aromatic rings. The fraction of sp³-hybridized carbons (Fsp3) is 0.231. The van der Waals surface area contributed by atoms with Crippen LogP contribution in [0.25, 0.3) is 0 Å². The molecule has 7 nitrogen and oxygen atoms in total.